The molecule has 0 saturated carbocycles. The van der Waals surface area contributed by atoms with E-state index in [1.165, 1.54) is 12.1 Å². The van der Waals surface area contributed by atoms with E-state index in [-0.39, 0.29) is 17.8 Å². The maximum Gasteiger partial charge on any atom is 0.248 e. The molecular weight excluding hydrogens is 369 g/mol. The van der Waals surface area contributed by atoms with Crippen LogP contribution in [0, 0.1) is 17.5 Å². The lowest BCUT2D eigenvalue weighted by Crippen LogP contribution is -2.47. The van der Waals surface area contributed by atoms with Crippen LogP contribution in [0.25, 0.3) is 0 Å². The van der Waals surface area contributed by atoms with Crippen molar-refractivity contribution < 1.29 is 26.4 Å². The number of halogens is 3. The summed E-state index contributed by atoms with van der Waals surface area (Å²) in [6.45, 7) is 1.58. The quantitative estimate of drug-likeness (QED) is 0.829. The molecule has 0 aliphatic heterocycles. The predicted molar refractivity (Wildman–Crippen MR) is 92.8 cm³/mol. The second-order valence-corrected chi connectivity index (χ2v) is 7.43. The molecule has 0 radical (unpaired) electrons. The predicted octanol–water partition coefficient (Wildman–Crippen LogP) is 3.29. The van der Waals surface area contributed by atoms with Gasteiger partial charge in [0.1, 0.15) is 23.5 Å². The summed E-state index contributed by atoms with van der Waals surface area (Å²) >= 11 is 0. The molecule has 0 aliphatic carbocycles. The highest BCUT2D eigenvalue weighted by atomic mass is 32.2. The monoisotopic (exact) mass is 386 g/mol. The molecule has 0 aromatic heterocycles. The van der Waals surface area contributed by atoms with E-state index < -0.39 is 39.4 Å². The summed E-state index contributed by atoms with van der Waals surface area (Å²) in [6.07, 6.45) is 0.976. The standard InChI is InChI=1S/C17H17F3N2O3S/c1-3-16(17(23)21-15-9-6-12(19)10-14(15)20)22(26(2,24)25)13-7-4-11(18)5-8-13/h4-10,16H,3H2,1-2H3,(H,21,23)/t16-/m1/s1. The summed E-state index contributed by atoms with van der Waals surface area (Å²) in [6, 6.07) is 5.99. The third-order valence-corrected chi connectivity index (χ3v) is 4.78. The molecule has 1 atom stereocenters. The van der Waals surface area contributed by atoms with E-state index >= 15 is 0 Å². The van der Waals surface area contributed by atoms with Crippen LogP contribution in [-0.4, -0.2) is 26.6 Å². The molecule has 5 nitrogen and oxygen atoms in total. The number of hydrogen-bond donors (Lipinski definition) is 1. The largest absolute Gasteiger partial charge is 0.322 e. The van der Waals surface area contributed by atoms with Gasteiger partial charge in [0, 0.05) is 6.07 Å². The zero-order valence-corrected chi connectivity index (χ0v) is 14.9. The third kappa shape index (κ3) is 4.54. The minimum Gasteiger partial charge on any atom is -0.322 e. The molecule has 2 rings (SSSR count). The Morgan fingerprint density at radius 1 is 1.08 bits per heavy atom. The van der Waals surface area contributed by atoms with Crippen LogP contribution in [0.3, 0.4) is 0 Å². The molecule has 0 saturated heterocycles. The van der Waals surface area contributed by atoms with Crippen LogP contribution in [0.5, 0.6) is 0 Å². The fraction of sp³-hybridized carbons (Fsp3) is 0.235. The number of carbonyl (C=O) groups excluding carboxylic acids is 1. The Morgan fingerprint density at radius 3 is 2.15 bits per heavy atom. The first-order chi connectivity index (χ1) is 12.1. The van der Waals surface area contributed by atoms with Crippen molar-refractivity contribution in [3.8, 4) is 0 Å². The highest BCUT2D eigenvalue weighted by Crippen LogP contribution is 2.24. The molecule has 0 unspecified atom stereocenters. The molecule has 2 aromatic carbocycles. The van der Waals surface area contributed by atoms with Gasteiger partial charge in [-0.15, -0.1) is 0 Å². The molecule has 0 bridgehead atoms. The number of hydrogen-bond acceptors (Lipinski definition) is 3. The number of carbonyl (C=O) groups is 1. The Morgan fingerprint density at radius 2 is 1.65 bits per heavy atom. The van der Waals surface area contributed by atoms with Crippen molar-refractivity contribution in [2.45, 2.75) is 19.4 Å². The Bertz CT molecular complexity index is 902. The van der Waals surface area contributed by atoms with E-state index in [1.807, 2.05) is 0 Å². The van der Waals surface area contributed by atoms with Gasteiger partial charge in [0.15, 0.2) is 0 Å². The molecule has 0 spiro atoms. The van der Waals surface area contributed by atoms with E-state index in [9.17, 15) is 26.4 Å². The first kappa shape index (κ1) is 19.8. The first-order valence-corrected chi connectivity index (χ1v) is 9.49. The summed E-state index contributed by atoms with van der Waals surface area (Å²) in [7, 11) is -3.90. The maximum atomic E-state index is 13.8. The van der Waals surface area contributed by atoms with Gasteiger partial charge < -0.3 is 5.32 Å². The second kappa shape index (κ2) is 7.77. The topological polar surface area (TPSA) is 66.5 Å². The zero-order valence-electron chi connectivity index (χ0n) is 14.0. The lowest BCUT2D eigenvalue weighted by Gasteiger charge is -2.30. The van der Waals surface area contributed by atoms with Crippen LogP contribution < -0.4 is 9.62 Å². The number of amides is 1. The van der Waals surface area contributed by atoms with Crippen molar-refractivity contribution in [2.75, 3.05) is 15.9 Å². The third-order valence-electron chi connectivity index (χ3n) is 3.60. The fourth-order valence-corrected chi connectivity index (χ4v) is 3.67. The molecule has 9 heteroatoms. The summed E-state index contributed by atoms with van der Waals surface area (Å²) in [4.78, 5) is 12.6. The van der Waals surface area contributed by atoms with E-state index in [2.05, 4.69) is 5.32 Å². The van der Waals surface area contributed by atoms with Crippen LogP contribution in [0.2, 0.25) is 0 Å². The average molecular weight is 386 g/mol. The van der Waals surface area contributed by atoms with Crippen molar-refractivity contribution in [3.63, 3.8) is 0 Å². The van der Waals surface area contributed by atoms with E-state index in [0.717, 1.165) is 34.8 Å². The Kier molecular flexibility index (Phi) is 5.91. The number of anilines is 2. The molecular formula is C17H17F3N2O3S. The number of nitrogens with one attached hydrogen (secondary N) is 1. The van der Waals surface area contributed by atoms with Crippen LogP contribution >= 0.6 is 0 Å². The van der Waals surface area contributed by atoms with Crippen LogP contribution in [0.4, 0.5) is 24.5 Å². The highest BCUT2D eigenvalue weighted by Gasteiger charge is 2.31. The van der Waals surface area contributed by atoms with Gasteiger partial charge in [-0.2, -0.15) is 0 Å². The minimum atomic E-state index is -3.90. The number of rotatable bonds is 6. The van der Waals surface area contributed by atoms with E-state index in [4.69, 9.17) is 0 Å². The van der Waals surface area contributed by atoms with E-state index in [1.54, 1.807) is 6.92 Å². The summed E-state index contributed by atoms with van der Waals surface area (Å²) in [5.41, 5.74) is -0.183. The lowest BCUT2D eigenvalue weighted by atomic mass is 10.1. The Hall–Kier alpha value is -2.55. The van der Waals surface area contributed by atoms with Gasteiger partial charge in [-0.1, -0.05) is 6.92 Å². The maximum absolute atomic E-state index is 13.8. The van der Waals surface area contributed by atoms with Crippen LogP contribution in [0.15, 0.2) is 42.5 Å². The summed E-state index contributed by atoms with van der Waals surface area (Å²) < 4.78 is 65.1. The van der Waals surface area contributed by atoms with Gasteiger partial charge in [0.2, 0.25) is 15.9 Å². The number of benzene rings is 2. The van der Waals surface area contributed by atoms with Gasteiger partial charge in [0.25, 0.3) is 0 Å². The highest BCUT2D eigenvalue weighted by molar-refractivity contribution is 7.92. The smallest absolute Gasteiger partial charge is 0.248 e. The molecule has 140 valence electrons. The van der Waals surface area contributed by atoms with E-state index in [0.29, 0.717) is 6.07 Å². The molecule has 2 aromatic rings. The minimum absolute atomic E-state index is 0.0685. The molecule has 26 heavy (non-hydrogen) atoms. The molecule has 0 aliphatic rings. The molecule has 1 amide bonds. The Labute approximate surface area is 149 Å². The van der Waals surface area contributed by atoms with Gasteiger partial charge in [-0.05, 0) is 42.8 Å². The van der Waals surface area contributed by atoms with Crippen LogP contribution in [0.1, 0.15) is 13.3 Å². The normalized spacial score (nSPS) is 12.5. The van der Waals surface area contributed by atoms with Gasteiger partial charge in [0.05, 0.1) is 17.6 Å². The van der Waals surface area contributed by atoms with Gasteiger partial charge >= 0.3 is 0 Å². The lowest BCUT2D eigenvalue weighted by molar-refractivity contribution is -0.117. The van der Waals surface area contributed by atoms with Crippen molar-refractivity contribution in [1.82, 2.24) is 0 Å². The van der Waals surface area contributed by atoms with Crippen molar-refractivity contribution in [3.05, 3.63) is 59.9 Å². The molecule has 0 fully saturated rings. The summed E-state index contributed by atoms with van der Waals surface area (Å²) in [5.74, 6) is -3.15. The van der Waals surface area contributed by atoms with Gasteiger partial charge in [-0.3, -0.25) is 9.10 Å². The molecule has 0 heterocycles. The first-order valence-electron chi connectivity index (χ1n) is 7.64. The van der Waals surface area contributed by atoms with Crippen molar-refractivity contribution in [1.29, 1.82) is 0 Å². The Balaban J connectivity index is 2.38. The SMILES string of the molecule is CC[C@H](C(=O)Nc1ccc(F)cc1F)N(c1ccc(F)cc1)S(C)(=O)=O. The van der Waals surface area contributed by atoms with Crippen molar-refractivity contribution >= 4 is 27.3 Å². The second-order valence-electron chi connectivity index (χ2n) is 5.57. The number of sulfonamides is 1. The van der Waals surface area contributed by atoms with Gasteiger partial charge in [-0.25, -0.2) is 21.6 Å². The molecule has 1 N–H and O–H groups in total. The van der Waals surface area contributed by atoms with Crippen LogP contribution in [-0.2, 0) is 14.8 Å². The number of nitrogens with zero attached hydrogens (tertiary/aromatic N) is 1. The summed E-state index contributed by atoms with van der Waals surface area (Å²) in [5, 5.41) is 2.26. The average Bonchev–Trinajstić information content (AvgIpc) is 2.55. The zero-order chi connectivity index (χ0) is 19.5. The van der Waals surface area contributed by atoms with Crippen molar-refractivity contribution in [2.24, 2.45) is 0 Å². The fourth-order valence-electron chi connectivity index (χ4n) is 2.46.